The molecule has 0 heterocycles. The number of carbonyl (C=O) groups excluding carboxylic acids is 5. The maximum atomic E-state index is 14.9. The van der Waals surface area contributed by atoms with Crippen LogP contribution in [0.25, 0.3) is 0 Å². The molecule has 2 fully saturated rings. The second kappa shape index (κ2) is 12.0. The minimum absolute atomic E-state index is 0.183. The Morgan fingerprint density at radius 2 is 1.74 bits per heavy atom. The number of nitrogens with two attached hydrogens (primary N) is 1. The summed E-state index contributed by atoms with van der Waals surface area (Å²) in [6.45, 7) is 2.35. The summed E-state index contributed by atoms with van der Waals surface area (Å²) in [5.74, 6) is -12.1. The summed E-state index contributed by atoms with van der Waals surface area (Å²) in [6, 6.07) is 8.87. The molecule has 2 aromatic carbocycles. The topological polar surface area (TPSA) is 147 Å². The Kier molecular flexibility index (Phi) is 8.73. The van der Waals surface area contributed by atoms with E-state index >= 15 is 0 Å². The highest BCUT2D eigenvalue weighted by atomic mass is 19.4. The first-order valence-electron chi connectivity index (χ1n) is 15.0. The number of fused-ring (bicyclic) bond motifs is 3. The van der Waals surface area contributed by atoms with Crippen molar-refractivity contribution in [2.24, 2.45) is 29.4 Å². The number of halogens is 3. The summed E-state index contributed by atoms with van der Waals surface area (Å²) in [7, 11) is 4.04. The van der Waals surface area contributed by atoms with E-state index in [0.29, 0.717) is 13.1 Å². The van der Waals surface area contributed by atoms with Crippen molar-refractivity contribution in [3.8, 4) is 5.75 Å². The second-order valence-electron chi connectivity index (χ2n) is 12.5. The largest absolute Gasteiger partial charge is 0.507 e. The lowest BCUT2D eigenvalue weighted by Crippen LogP contribution is -2.74. The fourth-order valence-corrected chi connectivity index (χ4v) is 7.91. The summed E-state index contributed by atoms with van der Waals surface area (Å²) < 4.78 is 50.3. The zero-order chi connectivity index (χ0) is 33.9. The third-order valence-corrected chi connectivity index (χ3v) is 9.81. The lowest BCUT2D eigenvalue weighted by Gasteiger charge is -2.54. The van der Waals surface area contributed by atoms with Gasteiger partial charge in [0.05, 0.1) is 23.1 Å². The van der Waals surface area contributed by atoms with E-state index in [9.17, 15) is 42.3 Å². The van der Waals surface area contributed by atoms with Crippen LogP contribution in [0.5, 0.6) is 5.75 Å². The number of rotatable bonds is 8. The number of hydrogen-bond donors (Lipinski definition) is 2. The molecule has 0 radical (unpaired) electrons. The highest BCUT2D eigenvalue weighted by Crippen LogP contribution is 2.53. The molecular weight excluding hydrogens is 607 g/mol. The molecule has 0 aromatic heterocycles. The molecule has 3 N–H and O–H groups in total. The first-order chi connectivity index (χ1) is 21.6. The number of aromatic hydroxyl groups is 1. The van der Waals surface area contributed by atoms with Crippen LogP contribution in [0, 0.1) is 23.7 Å². The number of alkyl halides is 3. The monoisotopic (exact) mass is 643 g/mol. The van der Waals surface area contributed by atoms with Gasteiger partial charge in [-0.15, -0.1) is 0 Å². The third-order valence-electron chi connectivity index (χ3n) is 9.81. The van der Waals surface area contributed by atoms with Crippen molar-refractivity contribution in [2.75, 3.05) is 27.7 Å². The summed E-state index contributed by atoms with van der Waals surface area (Å²) in [4.78, 5) is 70.9. The average molecular weight is 644 g/mol. The van der Waals surface area contributed by atoms with Gasteiger partial charge in [0.2, 0.25) is 5.91 Å². The van der Waals surface area contributed by atoms with E-state index in [4.69, 9.17) is 10.5 Å². The van der Waals surface area contributed by atoms with E-state index in [0.717, 1.165) is 18.7 Å². The van der Waals surface area contributed by atoms with Crippen LogP contribution in [0.3, 0.4) is 0 Å². The molecule has 0 saturated heterocycles. The van der Waals surface area contributed by atoms with Crippen LogP contribution < -0.4 is 5.73 Å². The maximum Gasteiger partial charge on any atom is 0.417 e. The summed E-state index contributed by atoms with van der Waals surface area (Å²) >= 11 is 0. The molecule has 246 valence electrons. The number of amides is 1. The molecule has 0 spiro atoms. The Labute approximate surface area is 263 Å². The number of nitrogens with zero attached hydrogens (tertiary/aromatic N) is 2. The quantitative estimate of drug-likeness (QED) is 0.415. The van der Waals surface area contributed by atoms with Crippen LogP contribution in [0.1, 0.15) is 46.0 Å². The molecule has 6 atom stereocenters. The average Bonchev–Trinajstić information content (AvgIpc) is 2.96. The van der Waals surface area contributed by atoms with E-state index in [1.807, 2.05) is 30.3 Å². The van der Waals surface area contributed by atoms with Gasteiger partial charge in [0.1, 0.15) is 5.75 Å². The van der Waals surface area contributed by atoms with Crippen molar-refractivity contribution in [1.82, 2.24) is 9.80 Å². The summed E-state index contributed by atoms with van der Waals surface area (Å²) in [5, 5.41) is 11.1. The highest BCUT2D eigenvalue weighted by molar-refractivity contribution is 6.32. The number of carbonyl (C=O) groups is 5. The summed E-state index contributed by atoms with van der Waals surface area (Å²) in [6.07, 6.45) is -5.55. The SMILES string of the molecule is CCN(Cc1ccccc1)Cc1cc(O)c2c(c1C(F)(F)F)CC1CC3C(N(C)C)C(=O)C(C(N)=O)C(=O)C3(OC)C(=O)C1C2=O. The van der Waals surface area contributed by atoms with Crippen molar-refractivity contribution in [3.63, 3.8) is 0 Å². The molecule has 46 heavy (non-hydrogen) atoms. The Bertz CT molecular complexity index is 1610. The zero-order valence-corrected chi connectivity index (χ0v) is 25.9. The van der Waals surface area contributed by atoms with Crippen LogP contribution in [-0.2, 0) is 49.6 Å². The number of benzene rings is 2. The summed E-state index contributed by atoms with van der Waals surface area (Å²) in [5.41, 5.74) is 1.55. The van der Waals surface area contributed by atoms with Gasteiger partial charge < -0.3 is 15.6 Å². The first kappa shape index (κ1) is 33.4. The Hall–Kier alpha value is -3.94. The van der Waals surface area contributed by atoms with Crippen LogP contribution in [0.15, 0.2) is 36.4 Å². The zero-order valence-electron chi connectivity index (χ0n) is 25.9. The number of primary amides is 1. The van der Waals surface area contributed by atoms with Crippen molar-refractivity contribution in [1.29, 1.82) is 0 Å². The number of likely N-dealkylation sites (N-methyl/N-ethyl adjacent to an activating group) is 1. The van der Waals surface area contributed by atoms with Gasteiger partial charge in [0, 0.05) is 26.1 Å². The van der Waals surface area contributed by atoms with Gasteiger partial charge in [0.25, 0.3) is 0 Å². The van der Waals surface area contributed by atoms with Crippen LogP contribution in [0.2, 0.25) is 0 Å². The molecule has 2 aromatic rings. The molecule has 5 rings (SSSR count). The van der Waals surface area contributed by atoms with E-state index < -0.39 is 99.4 Å². The van der Waals surface area contributed by atoms with Crippen LogP contribution >= 0.6 is 0 Å². The standard InChI is InChI=1S/C33H36F3N3O7/c1-5-39(14-16-9-7-6-8-10-16)15-18-13-21(40)23-19(25(18)33(34,35)36)11-17-12-20-26(38(2)3)28(42)24(31(37)45)30(44)32(20,46-4)29(43)22(17)27(23)41/h6-10,13,17,20,22,24,26,40H,5,11-12,14-15H2,1-4H3,(H2,37,45). The normalized spacial score (nSPS) is 27.9. The molecule has 0 bridgehead atoms. The van der Waals surface area contributed by atoms with Crippen LogP contribution in [-0.4, -0.2) is 83.3 Å². The predicted molar refractivity (Wildman–Crippen MR) is 157 cm³/mol. The van der Waals surface area contributed by atoms with Crippen molar-refractivity contribution in [3.05, 3.63) is 64.2 Å². The molecule has 3 aliphatic carbocycles. The molecule has 6 unspecified atom stereocenters. The number of methoxy groups -OCH3 is 1. The van der Waals surface area contributed by atoms with Gasteiger partial charge in [-0.2, -0.15) is 13.2 Å². The molecule has 0 aliphatic heterocycles. The van der Waals surface area contributed by atoms with Gasteiger partial charge >= 0.3 is 6.18 Å². The molecule has 10 nitrogen and oxygen atoms in total. The van der Waals surface area contributed by atoms with Crippen molar-refractivity contribution < 1.29 is 47.0 Å². The maximum absolute atomic E-state index is 14.9. The third kappa shape index (κ3) is 5.14. The van der Waals surface area contributed by atoms with Gasteiger partial charge in [0.15, 0.2) is 34.7 Å². The molecule has 2 saturated carbocycles. The lowest BCUT2D eigenvalue weighted by atomic mass is 9.52. The minimum atomic E-state index is -4.92. The number of phenols is 1. The molecule has 13 heteroatoms. The Balaban J connectivity index is 1.63. The van der Waals surface area contributed by atoms with Gasteiger partial charge in [-0.1, -0.05) is 37.3 Å². The number of Topliss-reactive ketones (excluding diaryl/α,β-unsaturated/α-hetero) is 4. The fourth-order valence-electron chi connectivity index (χ4n) is 7.91. The second-order valence-corrected chi connectivity index (χ2v) is 12.5. The van der Waals surface area contributed by atoms with Gasteiger partial charge in [-0.25, -0.2) is 0 Å². The predicted octanol–water partition coefficient (Wildman–Crippen LogP) is 2.56. The molecular formula is C33H36F3N3O7. The first-order valence-corrected chi connectivity index (χ1v) is 15.0. The fraction of sp³-hybridized carbons (Fsp3) is 0.485. The van der Waals surface area contributed by atoms with Crippen molar-refractivity contribution in [2.45, 2.75) is 50.7 Å². The number of ether oxygens (including phenoxy) is 1. The highest BCUT2D eigenvalue weighted by Gasteiger charge is 2.70. The number of ketones is 4. The minimum Gasteiger partial charge on any atom is -0.507 e. The van der Waals surface area contributed by atoms with Crippen LogP contribution in [0.4, 0.5) is 13.2 Å². The van der Waals surface area contributed by atoms with Gasteiger partial charge in [-0.3, -0.25) is 33.8 Å². The van der Waals surface area contributed by atoms with Gasteiger partial charge in [-0.05, 0) is 62.2 Å². The lowest BCUT2D eigenvalue weighted by molar-refractivity contribution is -0.186. The van der Waals surface area contributed by atoms with E-state index in [-0.39, 0.29) is 18.5 Å². The number of hydrogen-bond acceptors (Lipinski definition) is 9. The molecule has 1 amide bonds. The Morgan fingerprint density at radius 3 is 2.28 bits per heavy atom. The Morgan fingerprint density at radius 1 is 1.09 bits per heavy atom. The molecule has 3 aliphatic rings. The van der Waals surface area contributed by atoms with E-state index in [1.165, 1.54) is 19.0 Å². The smallest absolute Gasteiger partial charge is 0.417 e. The van der Waals surface area contributed by atoms with Crippen molar-refractivity contribution >= 4 is 29.0 Å². The van der Waals surface area contributed by atoms with E-state index in [2.05, 4.69) is 0 Å². The number of phenolic OH excluding ortho intramolecular Hbond substituents is 1. The van der Waals surface area contributed by atoms with E-state index in [1.54, 1.807) is 11.8 Å².